The molecule has 1 aliphatic carbocycles. The summed E-state index contributed by atoms with van der Waals surface area (Å²) in [5, 5.41) is 3.06. The summed E-state index contributed by atoms with van der Waals surface area (Å²) in [5.41, 5.74) is 0.618. The van der Waals surface area contributed by atoms with Crippen LogP contribution in [0.4, 0.5) is 10.1 Å². The minimum absolute atomic E-state index is 0.279. The standard InChI is InChI=1S/C13H16FNO2/c1-17-13(16)12(9-4-2-5-9)15-11-7-3-6-10(14)8-11/h3,6-9,12,15H,2,4-5H2,1H3. The van der Waals surface area contributed by atoms with E-state index in [9.17, 15) is 9.18 Å². The summed E-state index contributed by atoms with van der Waals surface area (Å²) in [6.45, 7) is 0. The highest BCUT2D eigenvalue weighted by Crippen LogP contribution is 2.31. The van der Waals surface area contributed by atoms with Gasteiger partial charge in [0.1, 0.15) is 11.9 Å². The Morgan fingerprint density at radius 1 is 1.53 bits per heavy atom. The smallest absolute Gasteiger partial charge is 0.328 e. The predicted molar refractivity (Wildman–Crippen MR) is 63.2 cm³/mol. The maximum absolute atomic E-state index is 13.0. The maximum Gasteiger partial charge on any atom is 0.328 e. The van der Waals surface area contributed by atoms with Crippen molar-refractivity contribution in [2.24, 2.45) is 5.92 Å². The molecule has 0 aliphatic heterocycles. The first-order chi connectivity index (χ1) is 8.20. The van der Waals surface area contributed by atoms with Gasteiger partial charge in [-0.2, -0.15) is 0 Å². The fourth-order valence-corrected chi connectivity index (χ4v) is 2.03. The molecule has 1 aliphatic rings. The highest BCUT2D eigenvalue weighted by Gasteiger charge is 2.33. The first-order valence-electron chi connectivity index (χ1n) is 5.80. The number of ether oxygens (including phenoxy) is 1. The van der Waals surface area contributed by atoms with Crippen molar-refractivity contribution in [2.45, 2.75) is 25.3 Å². The molecule has 2 rings (SSSR count). The maximum atomic E-state index is 13.0. The van der Waals surface area contributed by atoms with Gasteiger partial charge in [0, 0.05) is 5.69 Å². The molecule has 1 saturated carbocycles. The molecular formula is C13H16FNO2. The Balaban J connectivity index is 2.08. The van der Waals surface area contributed by atoms with E-state index in [0.717, 1.165) is 19.3 Å². The minimum Gasteiger partial charge on any atom is -0.467 e. The number of nitrogens with one attached hydrogen (secondary N) is 1. The molecule has 92 valence electrons. The first-order valence-corrected chi connectivity index (χ1v) is 5.80. The normalized spacial score (nSPS) is 17.1. The van der Waals surface area contributed by atoms with E-state index in [4.69, 9.17) is 4.74 Å². The molecule has 0 bridgehead atoms. The molecule has 1 N–H and O–H groups in total. The lowest BCUT2D eigenvalue weighted by Gasteiger charge is -2.32. The Morgan fingerprint density at radius 2 is 2.29 bits per heavy atom. The molecule has 1 unspecified atom stereocenters. The molecule has 4 heteroatoms. The van der Waals surface area contributed by atoms with Crippen LogP contribution in [-0.2, 0) is 9.53 Å². The van der Waals surface area contributed by atoms with Crippen molar-refractivity contribution in [3.63, 3.8) is 0 Å². The van der Waals surface area contributed by atoms with Crippen LogP contribution in [0.25, 0.3) is 0 Å². The van der Waals surface area contributed by atoms with Gasteiger partial charge in [-0.15, -0.1) is 0 Å². The summed E-state index contributed by atoms with van der Waals surface area (Å²) in [6.07, 6.45) is 3.17. The van der Waals surface area contributed by atoms with Crippen molar-refractivity contribution < 1.29 is 13.9 Å². The Hall–Kier alpha value is -1.58. The van der Waals surface area contributed by atoms with E-state index in [1.807, 2.05) is 0 Å². The third kappa shape index (κ3) is 2.75. The van der Waals surface area contributed by atoms with Gasteiger partial charge in [-0.3, -0.25) is 0 Å². The molecule has 1 aromatic rings. The van der Waals surface area contributed by atoms with Gasteiger partial charge < -0.3 is 10.1 Å². The van der Waals surface area contributed by atoms with Crippen LogP contribution >= 0.6 is 0 Å². The van der Waals surface area contributed by atoms with Gasteiger partial charge in [0.25, 0.3) is 0 Å². The molecule has 1 fully saturated rings. The Morgan fingerprint density at radius 3 is 2.82 bits per heavy atom. The molecular weight excluding hydrogens is 221 g/mol. The van der Waals surface area contributed by atoms with Crippen molar-refractivity contribution in [3.8, 4) is 0 Å². The summed E-state index contributed by atoms with van der Waals surface area (Å²) in [5.74, 6) is -0.295. The van der Waals surface area contributed by atoms with Crippen molar-refractivity contribution in [1.29, 1.82) is 0 Å². The molecule has 0 saturated heterocycles. The number of hydrogen-bond donors (Lipinski definition) is 1. The third-order valence-electron chi connectivity index (χ3n) is 3.22. The number of carbonyl (C=O) groups excluding carboxylic acids is 1. The summed E-state index contributed by atoms with van der Waals surface area (Å²) in [4.78, 5) is 11.7. The zero-order valence-corrected chi connectivity index (χ0v) is 9.78. The van der Waals surface area contributed by atoms with Crippen LogP contribution < -0.4 is 5.32 Å². The fourth-order valence-electron chi connectivity index (χ4n) is 2.03. The Bertz CT molecular complexity index is 404. The number of rotatable bonds is 4. The second kappa shape index (κ2) is 5.17. The fraction of sp³-hybridized carbons (Fsp3) is 0.462. The molecule has 0 heterocycles. The van der Waals surface area contributed by atoms with Gasteiger partial charge in [-0.05, 0) is 37.0 Å². The third-order valence-corrected chi connectivity index (χ3v) is 3.22. The number of halogens is 1. The molecule has 17 heavy (non-hydrogen) atoms. The summed E-state index contributed by atoms with van der Waals surface area (Å²) in [7, 11) is 1.38. The van der Waals surface area contributed by atoms with Crippen LogP contribution in [0, 0.1) is 11.7 Å². The first kappa shape index (κ1) is 11.9. The zero-order chi connectivity index (χ0) is 12.3. The van der Waals surface area contributed by atoms with Crippen LogP contribution in [0.3, 0.4) is 0 Å². The number of anilines is 1. The van der Waals surface area contributed by atoms with Crippen LogP contribution in [0.15, 0.2) is 24.3 Å². The monoisotopic (exact) mass is 237 g/mol. The summed E-state index contributed by atoms with van der Waals surface area (Å²) < 4.78 is 17.8. The van der Waals surface area contributed by atoms with Crippen LogP contribution in [0.1, 0.15) is 19.3 Å². The average Bonchev–Trinajstić information content (AvgIpc) is 2.25. The van der Waals surface area contributed by atoms with Gasteiger partial charge in [-0.25, -0.2) is 9.18 Å². The lowest BCUT2D eigenvalue weighted by molar-refractivity contribution is -0.143. The predicted octanol–water partition coefficient (Wildman–Crippen LogP) is 2.58. The molecule has 1 aromatic carbocycles. The highest BCUT2D eigenvalue weighted by atomic mass is 19.1. The van der Waals surface area contributed by atoms with E-state index in [1.54, 1.807) is 12.1 Å². The van der Waals surface area contributed by atoms with Gasteiger partial charge in [0.2, 0.25) is 0 Å². The number of esters is 1. The van der Waals surface area contributed by atoms with Gasteiger partial charge in [0.05, 0.1) is 7.11 Å². The Labute approximate surface area is 100.0 Å². The van der Waals surface area contributed by atoms with E-state index >= 15 is 0 Å². The SMILES string of the molecule is COC(=O)C(Nc1cccc(F)c1)C1CCC1. The largest absolute Gasteiger partial charge is 0.467 e. The van der Waals surface area contributed by atoms with E-state index < -0.39 is 0 Å². The summed E-state index contributed by atoms with van der Waals surface area (Å²) >= 11 is 0. The van der Waals surface area contributed by atoms with E-state index in [2.05, 4.69) is 5.32 Å². The zero-order valence-electron chi connectivity index (χ0n) is 9.78. The van der Waals surface area contributed by atoms with Crippen molar-refractivity contribution in [3.05, 3.63) is 30.1 Å². The molecule has 0 aromatic heterocycles. The second-order valence-electron chi connectivity index (χ2n) is 4.35. The average molecular weight is 237 g/mol. The van der Waals surface area contributed by atoms with Crippen LogP contribution in [0.5, 0.6) is 0 Å². The Kier molecular flexibility index (Phi) is 3.61. The van der Waals surface area contributed by atoms with Gasteiger partial charge in [0.15, 0.2) is 0 Å². The number of hydrogen-bond acceptors (Lipinski definition) is 3. The van der Waals surface area contributed by atoms with E-state index in [-0.39, 0.29) is 17.8 Å². The van der Waals surface area contributed by atoms with Crippen molar-refractivity contribution in [1.82, 2.24) is 0 Å². The number of benzene rings is 1. The lowest BCUT2D eigenvalue weighted by atomic mass is 9.79. The second-order valence-corrected chi connectivity index (χ2v) is 4.35. The highest BCUT2D eigenvalue weighted by molar-refractivity contribution is 5.79. The van der Waals surface area contributed by atoms with Crippen molar-refractivity contribution >= 4 is 11.7 Å². The van der Waals surface area contributed by atoms with Gasteiger partial charge in [-0.1, -0.05) is 12.5 Å². The van der Waals surface area contributed by atoms with Crippen LogP contribution in [-0.4, -0.2) is 19.1 Å². The molecule has 3 nitrogen and oxygen atoms in total. The molecule has 1 atom stereocenters. The van der Waals surface area contributed by atoms with E-state index in [1.165, 1.54) is 19.2 Å². The summed E-state index contributed by atoms with van der Waals surface area (Å²) in [6, 6.07) is 5.76. The quantitative estimate of drug-likeness (QED) is 0.818. The number of carbonyl (C=O) groups is 1. The minimum atomic E-state index is -0.365. The molecule has 0 radical (unpaired) electrons. The van der Waals surface area contributed by atoms with Crippen LogP contribution in [0.2, 0.25) is 0 Å². The van der Waals surface area contributed by atoms with E-state index in [0.29, 0.717) is 11.6 Å². The lowest BCUT2D eigenvalue weighted by Crippen LogP contribution is -2.41. The molecule has 0 spiro atoms. The van der Waals surface area contributed by atoms with Crippen molar-refractivity contribution in [2.75, 3.05) is 12.4 Å². The molecule has 0 amide bonds. The number of methoxy groups -OCH3 is 1. The topological polar surface area (TPSA) is 38.3 Å². The van der Waals surface area contributed by atoms with Gasteiger partial charge >= 0.3 is 5.97 Å².